The molecule has 3 aromatic heterocycles. The third-order valence-corrected chi connectivity index (χ3v) is 5.87. The summed E-state index contributed by atoms with van der Waals surface area (Å²) in [5.74, 6) is 0.282. The van der Waals surface area contributed by atoms with Crippen molar-refractivity contribution in [2.24, 2.45) is 0 Å². The maximum atomic E-state index is 12.2. The van der Waals surface area contributed by atoms with E-state index < -0.39 is 0 Å². The van der Waals surface area contributed by atoms with Crippen LogP contribution in [0, 0.1) is 0 Å². The van der Waals surface area contributed by atoms with Gasteiger partial charge in [0.1, 0.15) is 11.3 Å². The van der Waals surface area contributed by atoms with Crippen molar-refractivity contribution in [2.45, 2.75) is 13.5 Å². The number of hydrogen-bond acceptors (Lipinski definition) is 6. The zero-order valence-corrected chi connectivity index (χ0v) is 17.1. The molecule has 0 spiro atoms. The van der Waals surface area contributed by atoms with Gasteiger partial charge in [0, 0.05) is 28.6 Å². The molecule has 146 valence electrons. The average Bonchev–Trinajstić information content (AvgIpc) is 3.43. The molecule has 0 saturated carbocycles. The Bertz CT molecular complexity index is 1170. The Morgan fingerprint density at radius 1 is 1.21 bits per heavy atom. The summed E-state index contributed by atoms with van der Waals surface area (Å²) in [7, 11) is 0. The van der Waals surface area contributed by atoms with Gasteiger partial charge >= 0.3 is 0 Å². The second-order valence-corrected chi connectivity index (χ2v) is 8.25. The number of benzene rings is 1. The van der Waals surface area contributed by atoms with Gasteiger partial charge in [-0.3, -0.25) is 14.9 Å². The second-order valence-electron chi connectivity index (χ2n) is 6.22. The monoisotopic (exact) mass is 423 g/mol. The number of rotatable bonds is 6. The van der Waals surface area contributed by atoms with E-state index >= 15 is 0 Å². The first kappa shape index (κ1) is 19.1. The van der Waals surface area contributed by atoms with E-state index in [1.165, 1.54) is 24.3 Å². The Morgan fingerprint density at radius 3 is 2.90 bits per heavy atom. The highest BCUT2D eigenvalue weighted by Gasteiger charge is 2.09. The smallest absolute Gasteiger partial charge is 0.250 e. The maximum Gasteiger partial charge on any atom is 0.250 e. The van der Waals surface area contributed by atoms with Crippen LogP contribution in [0.1, 0.15) is 17.6 Å². The van der Waals surface area contributed by atoms with Gasteiger partial charge in [0.05, 0.1) is 17.1 Å². The first-order chi connectivity index (χ1) is 14.1. The lowest BCUT2D eigenvalue weighted by molar-refractivity contribution is -0.119. The molecule has 3 heterocycles. The molecule has 0 aliphatic carbocycles. The molecule has 0 aliphatic rings. The van der Waals surface area contributed by atoms with Crippen molar-refractivity contribution in [3.05, 3.63) is 64.6 Å². The zero-order chi connectivity index (χ0) is 20.2. The van der Waals surface area contributed by atoms with Crippen LogP contribution in [-0.4, -0.2) is 16.8 Å². The number of hydrogen-bond donors (Lipinski definition) is 2. The third-order valence-electron chi connectivity index (χ3n) is 4.00. The number of aromatic nitrogens is 1. The van der Waals surface area contributed by atoms with Crippen LogP contribution in [0.3, 0.4) is 0 Å². The van der Waals surface area contributed by atoms with Crippen LogP contribution < -0.4 is 10.6 Å². The molecule has 0 unspecified atom stereocenters. The summed E-state index contributed by atoms with van der Waals surface area (Å²) >= 11 is 2.92. The number of amides is 2. The average molecular weight is 424 g/mol. The molecular weight excluding hydrogens is 406 g/mol. The van der Waals surface area contributed by atoms with Gasteiger partial charge < -0.3 is 9.73 Å². The number of carbonyl (C=O) groups is 2. The number of para-hydroxylation sites is 1. The van der Waals surface area contributed by atoms with E-state index in [1.54, 1.807) is 17.4 Å². The highest BCUT2D eigenvalue weighted by molar-refractivity contribution is 7.17. The standard InChI is InChI=1S/C21H17N3O3S2/c1-13(25)22-11-16-7-8-19(29-16)17-12-28-21(23-17)24-20(26)9-6-15-10-14-4-2-3-5-18(14)27-15/h2-10,12H,11H2,1H3,(H,22,25)(H,23,24,26)/b9-6+. The Balaban J connectivity index is 1.38. The molecule has 4 aromatic rings. The molecule has 0 aliphatic heterocycles. The van der Waals surface area contributed by atoms with E-state index in [0.717, 1.165) is 26.4 Å². The normalized spacial score (nSPS) is 11.2. The summed E-state index contributed by atoms with van der Waals surface area (Å²) < 4.78 is 5.66. The highest BCUT2D eigenvalue weighted by atomic mass is 32.1. The number of thiazole rings is 1. The number of thiophene rings is 1. The van der Waals surface area contributed by atoms with Crippen molar-refractivity contribution in [3.8, 4) is 10.6 Å². The summed E-state index contributed by atoms with van der Waals surface area (Å²) in [4.78, 5) is 29.7. The number of furan rings is 1. The van der Waals surface area contributed by atoms with Crippen LogP contribution in [0.4, 0.5) is 5.13 Å². The Labute approximate surface area is 174 Å². The minimum absolute atomic E-state index is 0.0608. The SMILES string of the molecule is CC(=O)NCc1ccc(-c2csc(NC(=O)/C=C/c3cc4ccccc4o3)n2)s1. The van der Waals surface area contributed by atoms with E-state index in [4.69, 9.17) is 4.42 Å². The topological polar surface area (TPSA) is 84.2 Å². The van der Waals surface area contributed by atoms with Crippen LogP contribution in [0.2, 0.25) is 0 Å². The first-order valence-electron chi connectivity index (χ1n) is 8.83. The fraction of sp³-hybridized carbons (Fsp3) is 0.0952. The predicted molar refractivity (Wildman–Crippen MR) is 117 cm³/mol. The van der Waals surface area contributed by atoms with Gasteiger partial charge in [0.25, 0.3) is 0 Å². The fourth-order valence-electron chi connectivity index (χ4n) is 2.66. The molecule has 2 amide bonds. The molecule has 2 N–H and O–H groups in total. The van der Waals surface area contributed by atoms with E-state index in [9.17, 15) is 9.59 Å². The summed E-state index contributed by atoms with van der Waals surface area (Å²) in [6.07, 6.45) is 3.06. The number of fused-ring (bicyclic) bond motifs is 1. The van der Waals surface area contributed by atoms with Crippen molar-refractivity contribution in [1.29, 1.82) is 0 Å². The van der Waals surface area contributed by atoms with Gasteiger partial charge in [-0.2, -0.15) is 0 Å². The molecular formula is C21H17N3O3S2. The molecule has 4 rings (SSSR count). The van der Waals surface area contributed by atoms with Crippen LogP contribution in [0.5, 0.6) is 0 Å². The van der Waals surface area contributed by atoms with Crippen LogP contribution in [0.15, 0.2) is 58.3 Å². The lowest BCUT2D eigenvalue weighted by Crippen LogP contribution is -2.17. The fourth-order valence-corrected chi connectivity index (χ4v) is 4.35. The predicted octanol–water partition coefficient (Wildman–Crippen LogP) is 4.91. The Kier molecular flexibility index (Phi) is 5.55. The number of nitrogens with zero attached hydrogens (tertiary/aromatic N) is 1. The van der Waals surface area contributed by atoms with Gasteiger partial charge in [-0.1, -0.05) is 18.2 Å². The molecule has 0 saturated heterocycles. The van der Waals surface area contributed by atoms with Gasteiger partial charge in [0.2, 0.25) is 11.8 Å². The highest BCUT2D eigenvalue weighted by Crippen LogP contribution is 2.30. The van der Waals surface area contributed by atoms with E-state index in [-0.39, 0.29) is 11.8 Å². The minimum Gasteiger partial charge on any atom is -0.457 e. The molecule has 1 aromatic carbocycles. The summed E-state index contributed by atoms with van der Waals surface area (Å²) in [5, 5.41) is 8.96. The summed E-state index contributed by atoms with van der Waals surface area (Å²) in [6.45, 7) is 1.99. The molecule has 29 heavy (non-hydrogen) atoms. The van der Waals surface area contributed by atoms with Gasteiger partial charge in [-0.05, 0) is 30.3 Å². The Morgan fingerprint density at radius 2 is 2.07 bits per heavy atom. The van der Waals surface area contributed by atoms with Crippen molar-refractivity contribution in [2.75, 3.05) is 5.32 Å². The molecule has 0 atom stereocenters. The summed E-state index contributed by atoms with van der Waals surface area (Å²) in [5.41, 5.74) is 1.58. The van der Waals surface area contributed by atoms with Crippen molar-refractivity contribution in [1.82, 2.24) is 10.3 Å². The largest absolute Gasteiger partial charge is 0.457 e. The van der Waals surface area contributed by atoms with E-state index in [2.05, 4.69) is 15.6 Å². The molecule has 6 nitrogen and oxygen atoms in total. The lowest BCUT2D eigenvalue weighted by Gasteiger charge is -1.97. The third kappa shape index (κ3) is 4.79. The molecule has 0 fully saturated rings. The maximum absolute atomic E-state index is 12.2. The zero-order valence-electron chi connectivity index (χ0n) is 15.5. The number of anilines is 1. The van der Waals surface area contributed by atoms with Crippen molar-refractivity contribution >= 4 is 56.7 Å². The van der Waals surface area contributed by atoms with E-state index in [0.29, 0.717) is 17.4 Å². The minimum atomic E-state index is -0.274. The molecule has 8 heteroatoms. The van der Waals surface area contributed by atoms with E-state index in [1.807, 2.05) is 47.8 Å². The molecule has 0 radical (unpaired) electrons. The number of nitrogens with one attached hydrogen (secondary N) is 2. The van der Waals surface area contributed by atoms with Gasteiger partial charge in [-0.15, -0.1) is 22.7 Å². The van der Waals surface area contributed by atoms with Crippen LogP contribution in [-0.2, 0) is 16.1 Å². The summed E-state index contributed by atoms with van der Waals surface area (Å²) in [6, 6.07) is 13.5. The number of carbonyl (C=O) groups excluding carboxylic acids is 2. The van der Waals surface area contributed by atoms with Gasteiger partial charge in [0.15, 0.2) is 5.13 Å². The molecule has 0 bridgehead atoms. The second kappa shape index (κ2) is 8.42. The van der Waals surface area contributed by atoms with Crippen LogP contribution >= 0.6 is 22.7 Å². The van der Waals surface area contributed by atoms with Crippen molar-refractivity contribution < 1.29 is 14.0 Å². The first-order valence-corrected chi connectivity index (χ1v) is 10.5. The van der Waals surface area contributed by atoms with Crippen LogP contribution in [0.25, 0.3) is 27.6 Å². The quantitative estimate of drug-likeness (QED) is 0.432. The van der Waals surface area contributed by atoms with Crippen molar-refractivity contribution in [3.63, 3.8) is 0 Å². The Hall–Kier alpha value is -3.23. The lowest BCUT2D eigenvalue weighted by atomic mass is 10.2. The van der Waals surface area contributed by atoms with Gasteiger partial charge in [-0.25, -0.2) is 4.98 Å².